The fraction of sp³-hybridized carbons (Fsp3) is 0.300. The van der Waals surface area contributed by atoms with Crippen molar-refractivity contribution in [1.82, 2.24) is 25.1 Å². The van der Waals surface area contributed by atoms with Gasteiger partial charge < -0.3 is 30.3 Å². The molecular formula is C40H40FN9O7. The fourth-order valence-corrected chi connectivity index (χ4v) is 7.06. The first-order valence-corrected chi connectivity index (χ1v) is 18.4. The van der Waals surface area contributed by atoms with Gasteiger partial charge in [-0.25, -0.2) is 14.4 Å². The molecule has 1 aromatic heterocycles. The molecule has 0 bridgehead atoms. The van der Waals surface area contributed by atoms with E-state index < -0.39 is 35.5 Å². The first-order valence-electron chi connectivity index (χ1n) is 18.4. The molecule has 0 saturated carbocycles. The number of fused-ring (bicyclic) bond motifs is 1. The Morgan fingerprint density at radius 1 is 1.00 bits per heavy atom. The zero-order valence-corrected chi connectivity index (χ0v) is 31.0. The lowest BCUT2D eigenvalue weighted by Crippen LogP contribution is -2.54. The summed E-state index contributed by atoms with van der Waals surface area (Å²) in [5.74, 6) is -2.48. The molecule has 1 unspecified atom stereocenters. The number of nitrogens with two attached hydrogens (primary N) is 1. The Bertz CT molecular complexity index is 2260. The molecule has 0 radical (unpaired) electrons. The second-order valence-electron chi connectivity index (χ2n) is 13.6. The quantitative estimate of drug-likeness (QED) is 0.0877. The van der Waals surface area contributed by atoms with E-state index in [0.29, 0.717) is 50.6 Å². The highest BCUT2D eigenvalue weighted by molar-refractivity contribution is 6.23. The summed E-state index contributed by atoms with van der Waals surface area (Å²) in [6.07, 6.45) is 1.71. The topological polar surface area (TPSA) is 213 Å². The van der Waals surface area contributed by atoms with Gasteiger partial charge in [-0.15, -0.1) is 0 Å². The lowest BCUT2D eigenvalue weighted by molar-refractivity contribution is -0.136. The number of piperidine rings is 1. The average molecular weight is 778 g/mol. The van der Waals surface area contributed by atoms with Crippen molar-refractivity contribution < 1.29 is 37.8 Å². The van der Waals surface area contributed by atoms with Crippen molar-refractivity contribution in [3.8, 4) is 17.1 Å². The predicted molar refractivity (Wildman–Crippen MR) is 207 cm³/mol. The van der Waals surface area contributed by atoms with Gasteiger partial charge >= 0.3 is 0 Å². The number of rotatable bonds is 13. The lowest BCUT2D eigenvalue weighted by Gasteiger charge is -2.36. The smallest absolute Gasteiger partial charge is 0.262 e. The van der Waals surface area contributed by atoms with Gasteiger partial charge in [-0.05, 0) is 48.9 Å². The van der Waals surface area contributed by atoms with Gasteiger partial charge in [0.2, 0.25) is 17.7 Å². The number of nitrogens with zero attached hydrogens (tertiary/aromatic N) is 5. The third-order valence-corrected chi connectivity index (χ3v) is 10.1. The maximum Gasteiger partial charge on any atom is 0.262 e. The van der Waals surface area contributed by atoms with Crippen molar-refractivity contribution in [3.63, 3.8) is 0 Å². The first kappa shape index (κ1) is 38.5. The molecule has 17 heteroatoms. The number of benzene rings is 3. The van der Waals surface area contributed by atoms with Gasteiger partial charge in [0, 0.05) is 56.1 Å². The number of carbonyl (C=O) groups is 5. The molecule has 3 aliphatic heterocycles. The van der Waals surface area contributed by atoms with E-state index in [1.54, 1.807) is 30.3 Å². The minimum absolute atomic E-state index is 0.0106. The normalized spacial score (nSPS) is 16.7. The number of hydrogen-bond acceptors (Lipinski definition) is 13. The van der Waals surface area contributed by atoms with Crippen LogP contribution in [0, 0.1) is 11.2 Å². The number of imide groups is 2. The number of anilines is 3. The van der Waals surface area contributed by atoms with Crippen LogP contribution in [-0.4, -0.2) is 114 Å². The molecule has 294 valence electrons. The van der Waals surface area contributed by atoms with Crippen LogP contribution in [0.2, 0.25) is 0 Å². The zero-order valence-electron chi connectivity index (χ0n) is 31.0. The van der Waals surface area contributed by atoms with E-state index in [4.69, 9.17) is 20.6 Å². The highest BCUT2D eigenvalue weighted by atomic mass is 19.1. The van der Waals surface area contributed by atoms with Gasteiger partial charge in [0.25, 0.3) is 11.8 Å². The van der Waals surface area contributed by atoms with Crippen LogP contribution in [0.4, 0.5) is 21.5 Å². The lowest BCUT2D eigenvalue weighted by atomic mass is 10.0. The van der Waals surface area contributed by atoms with E-state index in [1.165, 1.54) is 31.5 Å². The Balaban J connectivity index is 0.839. The molecule has 3 aromatic carbocycles. The summed E-state index contributed by atoms with van der Waals surface area (Å²) in [6.45, 7) is 3.25. The molecule has 5 N–H and O–H groups in total. The third kappa shape index (κ3) is 8.00. The highest BCUT2D eigenvalue weighted by Crippen LogP contribution is 2.32. The van der Waals surface area contributed by atoms with Crippen LogP contribution in [0.15, 0.2) is 66.9 Å². The molecule has 57 heavy (non-hydrogen) atoms. The summed E-state index contributed by atoms with van der Waals surface area (Å²) >= 11 is 0. The summed E-state index contributed by atoms with van der Waals surface area (Å²) < 4.78 is 25.7. The minimum Gasteiger partial charge on any atom is -0.496 e. The van der Waals surface area contributed by atoms with Crippen molar-refractivity contribution >= 4 is 52.3 Å². The number of piperazine rings is 1. The van der Waals surface area contributed by atoms with E-state index in [0.717, 1.165) is 10.6 Å². The standard InChI is InChI=1S/C40H40FN9O7/c1-56-31-4-2-3-28(41)34(31)37-45-22-29(42)36(47-37)35(43)23-5-8-25(9-6-23)48-15-17-49(18-16-48)33(52)13-19-57-20-14-44-24-7-10-26-27(21-24)40(55)50(39(26)54)30-11-12-32(51)46-38(30)53/h2-10,21-22,30,43-44H,11-20,42H2,1H3,(H,46,51,53). The second-order valence-corrected chi connectivity index (χ2v) is 13.6. The summed E-state index contributed by atoms with van der Waals surface area (Å²) in [5, 5.41) is 14.2. The van der Waals surface area contributed by atoms with Crippen molar-refractivity contribution in [2.45, 2.75) is 25.3 Å². The van der Waals surface area contributed by atoms with Crippen molar-refractivity contribution in [3.05, 3.63) is 95.1 Å². The Kier molecular flexibility index (Phi) is 11.2. The Labute approximate surface area is 326 Å². The molecular weight excluding hydrogens is 737 g/mol. The largest absolute Gasteiger partial charge is 0.496 e. The summed E-state index contributed by atoms with van der Waals surface area (Å²) in [4.78, 5) is 76.2. The number of nitrogens with one attached hydrogen (secondary N) is 3. The predicted octanol–water partition coefficient (Wildman–Crippen LogP) is 2.86. The number of hydrogen-bond donors (Lipinski definition) is 4. The van der Waals surface area contributed by atoms with Gasteiger partial charge in [-0.2, -0.15) is 0 Å². The number of ether oxygens (including phenoxy) is 2. The maximum absolute atomic E-state index is 14.7. The van der Waals surface area contributed by atoms with Crippen LogP contribution < -0.4 is 26.0 Å². The van der Waals surface area contributed by atoms with Crippen LogP contribution in [0.1, 0.15) is 51.2 Å². The molecule has 4 heterocycles. The van der Waals surface area contributed by atoms with E-state index >= 15 is 0 Å². The minimum atomic E-state index is -1.03. The third-order valence-electron chi connectivity index (χ3n) is 10.1. The monoisotopic (exact) mass is 777 g/mol. The Morgan fingerprint density at radius 3 is 2.49 bits per heavy atom. The fourth-order valence-electron chi connectivity index (χ4n) is 7.06. The van der Waals surface area contributed by atoms with Gasteiger partial charge in [0.15, 0.2) is 5.82 Å². The van der Waals surface area contributed by atoms with Crippen LogP contribution in [0.5, 0.6) is 5.75 Å². The van der Waals surface area contributed by atoms with E-state index in [1.807, 2.05) is 17.0 Å². The maximum atomic E-state index is 14.7. The van der Waals surface area contributed by atoms with Crippen LogP contribution in [-0.2, 0) is 19.1 Å². The first-order chi connectivity index (χ1) is 27.5. The molecule has 4 aromatic rings. The summed E-state index contributed by atoms with van der Waals surface area (Å²) in [7, 11) is 1.43. The number of aromatic nitrogens is 2. The second kappa shape index (κ2) is 16.5. The van der Waals surface area contributed by atoms with E-state index in [9.17, 15) is 28.4 Å². The van der Waals surface area contributed by atoms with Crippen LogP contribution in [0.3, 0.4) is 0 Å². The molecule has 0 aliphatic carbocycles. The molecule has 5 amide bonds. The van der Waals surface area contributed by atoms with E-state index in [2.05, 4.69) is 25.5 Å². The summed E-state index contributed by atoms with van der Waals surface area (Å²) in [6, 6.07) is 15.6. The van der Waals surface area contributed by atoms with Crippen LogP contribution >= 0.6 is 0 Å². The van der Waals surface area contributed by atoms with Gasteiger partial charge in [-0.1, -0.05) is 18.2 Å². The Morgan fingerprint density at radius 2 is 1.75 bits per heavy atom. The number of methoxy groups -OCH3 is 1. The molecule has 16 nitrogen and oxygen atoms in total. The van der Waals surface area contributed by atoms with Gasteiger partial charge in [0.1, 0.15) is 23.3 Å². The average Bonchev–Trinajstić information content (AvgIpc) is 3.46. The zero-order chi connectivity index (χ0) is 40.2. The molecule has 7 rings (SSSR count). The molecule has 3 aliphatic rings. The van der Waals surface area contributed by atoms with Crippen molar-refractivity contribution in [2.24, 2.45) is 0 Å². The highest BCUT2D eigenvalue weighted by Gasteiger charge is 2.44. The SMILES string of the molecule is COc1cccc(F)c1-c1ncc(N)c(C(=N)c2ccc(N3CCN(C(=O)CCOCCNc4ccc5c(c4)C(=O)N(C4CCC(=O)NC4=O)C5=O)CC3)cc2)n1. The van der Waals surface area contributed by atoms with Crippen molar-refractivity contribution in [2.75, 3.05) is 69.0 Å². The molecule has 2 saturated heterocycles. The summed E-state index contributed by atoms with van der Waals surface area (Å²) in [5.41, 5.74) is 9.12. The number of carbonyl (C=O) groups excluding carboxylic acids is 5. The number of amides is 5. The number of nitrogen functional groups attached to an aromatic ring is 1. The van der Waals surface area contributed by atoms with E-state index in [-0.39, 0.29) is 77.1 Å². The molecule has 2 fully saturated rings. The molecule has 0 spiro atoms. The number of halogens is 1. The van der Waals surface area contributed by atoms with Gasteiger partial charge in [0.05, 0.1) is 61.0 Å². The van der Waals surface area contributed by atoms with Gasteiger partial charge in [-0.3, -0.25) is 39.6 Å². The van der Waals surface area contributed by atoms with Crippen molar-refractivity contribution in [1.29, 1.82) is 5.41 Å². The Hall–Kier alpha value is -6.75. The van der Waals surface area contributed by atoms with Crippen LogP contribution in [0.25, 0.3) is 11.4 Å². The molecule has 1 atom stereocenters.